The first-order chi connectivity index (χ1) is 16.5. The van der Waals surface area contributed by atoms with Gasteiger partial charge in [-0.1, -0.05) is 78.3 Å². The van der Waals surface area contributed by atoms with E-state index in [1.807, 2.05) is 0 Å². The van der Waals surface area contributed by atoms with Gasteiger partial charge in [0.05, 0.1) is 26.9 Å². The zero-order valence-electron chi connectivity index (χ0n) is 17.7. The number of carbonyl (C=O) groups excluding carboxylic acids is 4. The van der Waals surface area contributed by atoms with Gasteiger partial charge < -0.3 is 0 Å². The van der Waals surface area contributed by atoms with Gasteiger partial charge in [-0.25, -0.2) is 5.01 Å². The SMILES string of the molecule is O=C(CN(C(=O)c1ccc(Cl)c(Cl)c1)N1C(=O)[C@H]2C[C@H](Br)[C@@H](Br)C[C@H]2C1=O)c1ccc(Cl)cc1Cl. The topological polar surface area (TPSA) is 74.8 Å². The molecule has 2 aromatic rings. The van der Waals surface area contributed by atoms with Crippen molar-refractivity contribution >= 4 is 102 Å². The third-order valence-corrected chi connectivity index (χ3v) is 10.1. The fraction of sp³-hybridized carbons (Fsp3) is 0.304. The molecule has 1 saturated carbocycles. The molecular formula is C23H16Br2Cl4N2O4. The number of nitrogens with zero attached hydrogens (tertiary/aromatic N) is 2. The largest absolute Gasteiger partial charge is 0.292 e. The van der Waals surface area contributed by atoms with Gasteiger partial charge in [0.1, 0.15) is 6.54 Å². The first kappa shape index (κ1) is 26.9. The van der Waals surface area contributed by atoms with E-state index >= 15 is 0 Å². The molecule has 0 radical (unpaired) electrons. The van der Waals surface area contributed by atoms with E-state index in [0.29, 0.717) is 17.9 Å². The molecule has 2 aromatic carbocycles. The van der Waals surface area contributed by atoms with Gasteiger partial charge in [-0.3, -0.25) is 19.2 Å². The Labute approximate surface area is 238 Å². The van der Waals surface area contributed by atoms with Gasteiger partial charge in [-0.05, 0) is 49.2 Å². The van der Waals surface area contributed by atoms with Crippen molar-refractivity contribution < 1.29 is 19.2 Å². The number of fused-ring (bicyclic) bond motifs is 1. The van der Waals surface area contributed by atoms with E-state index in [1.54, 1.807) is 0 Å². The van der Waals surface area contributed by atoms with Crippen LogP contribution in [0.2, 0.25) is 20.1 Å². The van der Waals surface area contributed by atoms with E-state index in [2.05, 4.69) is 31.9 Å². The number of amides is 3. The Morgan fingerprint density at radius 3 is 2.00 bits per heavy atom. The summed E-state index contributed by atoms with van der Waals surface area (Å²) >= 11 is 31.3. The summed E-state index contributed by atoms with van der Waals surface area (Å²) in [4.78, 5) is 53.5. The highest BCUT2D eigenvalue weighted by molar-refractivity contribution is 9.12. The second-order valence-corrected chi connectivity index (χ2v) is 12.3. The first-order valence-electron chi connectivity index (χ1n) is 10.4. The summed E-state index contributed by atoms with van der Waals surface area (Å²) in [5.74, 6) is -3.63. The molecule has 35 heavy (non-hydrogen) atoms. The van der Waals surface area contributed by atoms with Crippen LogP contribution in [0.5, 0.6) is 0 Å². The Kier molecular flexibility index (Phi) is 8.20. The number of Topliss-reactive ketones (excluding diaryl/α,β-unsaturated/α-hetero) is 1. The van der Waals surface area contributed by atoms with E-state index in [9.17, 15) is 19.2 Å². The molecule has 0 spiro atoms. The molecule has 0 aromatic heterocycles. The van der Waals surface area contributed by atoms with Crippen LogP contribution in [0.15, 0.2) is 36.4 Å². The van der Waals surface area contributed by atoms with Crippen molar-refractivity contribution in [2.75, 3.05) is 6.54 Å². The Morgan fingerprint density at radius 2 is 1.46 bits per heavy atom. The lowest BCUT2D eigenvalue weighted by molar-refractivity contribution is -0.154. The van der Waals surface area contributed by atoms with Gasteiger partial charge >= 0.3 is 0 Å². The van der Waals surface area contributed by atoms with E-state index in [-0.39, 0.29) is 35.8 Å². The van der Waals surface area contributed by atoms with E-state index in [4.69, 9.17) is 46.4 Å². The molecule has 1 saturated heterocycles. The summed E-state index contributed by atoms with van der Waals surface area (Å²) in [5.41, 5.74) is 0.155. The van der Waals surface area contributed by atoms with Crippen LogP contribution in [-0.4, -0.2) is 49.7 Å². The predicted molar refractivity (Wildman–Crippen MR) is 142 cm³/mol. The molecule has 12 heteroatoms. The number of benzene rings is 2. The lowest BCUT2D eigenvalue weighted by Crippen LogP contribution is -2.52. The number of hydrogen-bond acceptors (Lipinski definition) is 4. The molecule has 0 unspecified atom stereocenters. The summed E-state index contributed by atoms with van der Waals surface area (Å²) in [6, 6.07) is 8.45. The predicted octanol–water partition coefficient (Wildman–Crippen LogP) is 6.46. The Bertz CT molecular complexity index is 1220. The molecule has 1 aliphatic carbocycles. The molecule has 0 N–H and O–H groups in total. The maximum absolute atomic E-state index is 13.6. The smallest absolute Gasteiger partial charge is 0.273 e. The number of imide groups is 1. The summed E-state index contributed by atoms with van der Waals surface area (Å²) in [5, 5.41) is 2.42. The zero-order valence-corrected chi connectivity index (χ0v) is 23.9. The van der Waals surface area contributed by atoms with Crippen LogP contribution in [0.3, 0.4) is 0 Å². The molecule has 6 nitrogen and oxygen atoms in total. The van der Waals surface area contributed by atoms with Crippen molar-refractivity contribution in [3.8, 4) is 0 Å². The third-order valence-electron chi connectivity index (χ3n) is 6.06. The standard InChI is InChI=1S/C23H16Br2Cl4N2O4/c24-15-7-13-14(8-16(15)25)23(35)31(22(13)34)30(21(33)10-1-4-17(27)19(29)5-10)9-20(32)12-3-2-11(26)6-18(12)28/h1-6,13-16H,7-9H2/t13-,14+,15-,16-/m0/s1. The van der Waals surface area contributed by atoms with Gasteiger partial charge in [0.2, 0.25) is 0 Å². The van der Waals surface area contributed by atoms with Crippen molar-refractivity contribution in [3.63, 3.8) is 0 Å². The minimum atomic E-state index is -0.756. The van der Waals surface area contributed by atoms with Crippen molar-refractivity contribution in [1.82, 2.24) is 10.0 Å². The number of hydrazine groups is 1. The number of carbonyl (C=O) groups is 4. The number of halogens is 6. The molecule has 1 aliphatic heterocycles. The van der Waals surface area contributed by atoms with Crippen LogP contribution in [-0.2, 0) is 9.59 Å². The van der Waals surface area contributed by atoms with Crippen LogP contribution in [0.25, 0.3) is 0 Å². The van der Waals surface area contributed by atoms with Crippen molar-refractivity contribution in [2.45, 2.75) is 22.5 Å². The highest BCUT2D eigenvalue weighted by Crippen LogP contribution is 2.44. The molecular weight excluding hydrogens is 670 g/mol. The number of rotatable bonds is 5. The molecule has 0 bridgehead atoms. The third kappa shape index (κ3) is 5.29. The average Bonchev–Trinajstić information content (AvgIpc) is 3.03. The molecule has 3 amide bonds. The zero-order chi connectivity index (χ0) is 25.6. The second-order valence-electron chi connectivity index (χ2n) is 8.24. The van der Waals surface area contributed by atoms with Crippen molar-refractivity contribution in [3.05, 3.63) is 67.6 Å². The Balaban J connectivity index is 1.73. The van der Waals surface area contributed by atoms with Gasteiger partial charge in [-0.2, -0.15) is 5.01 Å². The molecule has 2 aliphatic rings. The van der Waals surface area contributed by atoms with Crippen LogP contribution >= 0.6 is 78.3 Å². The van der Waals surface area contributed by atoms with Crippen molar-refractivity contribution in [1.29, 1.82) is 0 Å². The lowest BCUT2D eigenvalue weighted by atomic mass is 9.81. The van der Waals surface area contributed by atoms with Crippen LogP contribution in [0.1, 0.15) is 33.6 Å². The molecule has 2 fully saturated rings. The summed E-state index contributed by atoms with van der Waals surface area (Å²) in [7, 11) is 0. The van der Waals surface area contributed by atoms with E-state index in [1.165, 1.54) is 36.4 Å². The van der Waals surface area contributed by atoms with Gasteiger partial charge in [0.15, 0.2) is 5.78 Å². The first-order valence-corrected chi connectivity index (χ1v) is 13.7. The molecule has 4 atom stereocenters. The average molecular weight is 686 g/mol. The number of hydrogen-bond donors (Lipinski definition) is 0. The monoisotopic (exact) mass is 682 g/mol. The molecule has 1 heterocycles. The fourth-order valence-corrected chi connectivity index (χ4v) is 6.31. The van der Waals surface area contributed by atoms with E-state index in [0.717, 1.165) is 10.0 Å². The summed E-state index contributed by atoms with van der Waals surface area (Å²) in [6.45, 7) is -0.604. The Hall–Kier alpha value is -1.16. The number of ketones is 1. The lowest BCUT2D eigenvalue weighted by Gasteiger charge is -2.30. The van der Waals surface area contributed by atoms with Gasteiger partial charge in [0.25, 0.3) is 17.7 Å². The highest BCUT2D eigenvalue weighted by atomic mass is 79.9. The second kappa shape index (κ2) is 10.7. The van der Waals surface area contributed by atoms with Crippen molar-refractivity contribution in [2.24, 2.45) is 11.8 Å². The summed E-state index contributed by atoms with van der Waals surface area (Å²) in [6.07, 6.45) is 0.820. The van der Waals surface area contributed by atoms with E-state index < -0.39 is 41.9 Å². The maximum Gasteiger partial charge on any atom is 0.273 e. The van der Waals surface area contributed by atoms with Crippen LogP contribution in [0.4, 0.5) is 0 Å². The summed E-state index contributed by atoms with van der Waals surface area (Å²) < 4.78 is 0. The normalized spacial score (nSPS) is 23.9. The molecule has 4 rings (SSSR count). The van der Waals surface area contributed by atoms with Gasteiger partial charge in [0, 0.05) is 25.8 Å². The Morgan fingerprint density at radius 1 is 0.857 bits per heavy atom. The highest BCUT2D eigenvalue weighted by Gasteiger charge is 2.54. The van der Waals surface area contributed by atoms with Gasteiger partial charge in [-0.15, -0.1) is 0 Å². The fourth-order valence-electron chi connectivity index (χ4n) is 4.26. The minimum absolute atomic E-state index is 0.0193. The number of alkyl halides is 2. The van der Waals surface area contributed by atoms with Crippen LogP contribution in [0, 0.1) is 11.8 Å². The molecule has 184 valence electrons. The minimum Gasteiger partial charge on any atom is -0.292 e. The quantitative estimate of drug-likeness (QED) is 0.206. The maximum atomic E-state index is 13.6. The van der Waals surface area contributed by atoms with Crippen LogP contribution < -0.4 is 0 Å².